The Morgan fingerprint density at radius 3 is 2.90 bits per heavy atom. The third-order valence-electron chi connectivity index (χ3n) is 6.56. The summed E-state index contributed by atoms with van der Waals surface area (Å²) >= 11 is 0. The molecule has 0 bridgehead atoms. The summed E-state index contributed by atoms with van der Waals surface area (Å²) in [5.41, 5.74) is 10.6. The molecule has 5 rings (SSSR count). The van der Waals surface area contributed by atoms with E-state index in [1.54, 1.807) is 6.20 Å². The Morgan fingerprint density at radius 2 is 2.03 bits per heavy atom. The molecule has 0 spiro atoms. The molecule has 6 heteroatoms. The highest BCUT2D eigenvalue weighted by molar-refractivity contribution is 5.79. The molecule has 4 N–H and O–H groups in total. The second-order valence-electron chi connectivity index (χ2n) is 8.36. The van der Waals surface area contributed by atoms with Crippen molar-refractivity contribution in [1.82, 2.24) is 9.55 Å². The van der Waals surface area contributed by atoms with Crippen molar-refractivity contribution in [2.45, 2.75) is 63.0 Å². The van der Waals surface area contributed by atoms with E-state index in [0.717, 1.165) is 47.2 Å². The van der Waals surface area contributed by atoms with Gasteiger partial charge in [-0.25, -0.2) is 4.98 Å². The fourth-order valence-corrected chi connectivity index (χ4v) is 4.97. The van der Waals surface area contributed by atoms with Gasteiger partial charge in [0, 0.05) is 35.8 Å². The molecule has 1 aromatic carbocycles. The average Bonchev–Trinajstić information content (AvgIpc) is 3.26. The van der Waals surface area contributed by atoms with Gasteiger partial charge < -0.3 is 25.3 Å². The zero-order chi connectivity index (χ0) is 20.1. The number of rotatable bonds is 3. The standard InChI is InChI=1S/C23H27N3O3/c1-13-8-10-25-23-15(13)9-11-26(23)17-12-19(22(28)21(17)27)29-18-7-3-5-14-4-2-6-16(24)20(14)18/h3,5,7-11,16-17,19,21-22,27-28H,2,4,6,12,24H2,1H3/t16-,17+,19-,21-,22+/m0/s1. The zero-order valence-electron chi connectivity index (χ0n) is 16.5. The number of fused-ring (bicyclic) bond motifs is 2. The number of ether oxygens (including phenoxy) is 1. The fourth-order valence-electron chi connectivity index (χ4n) is 4.97. The van der Waals surface area contributed by atoms with Crippen molar-refractivity contribution in [3.63, 3.8) is 0 Å². The second-order valence-corrected chi connectivity index (χ2v) is 8.36. The van der Waals surface area contributed by atoms with Gasteiger partial charge in [-0.05, 0) is 55.5 Å². The van der Waals surface area contributed by atoms with Crippen molar-refractivity contribution in [3.8, 4) is 5.75 Å². The molecule has 3 aromatic rings. The Hall–Kier alpha value is -2.41. The molecule has 0 unspecified atom stereocenters. The van der Waals surface area contributed by atoms with Gasteiger partial charge in [0.05, 0.1) is 6.04 Å². The summed E-state index contributed by atoms with van der Waals surface area (Å²) in [4.78, 5) is 4.50. The molecule has 5 atom stereocenters. The van der Waals surface area contributed by atoms with Crippen molar-refractivity contribution in [1.29, 1.82) is 0 Å². The maximum absolute atomic E-state index is 10.8. The van der Waals surface area contributed by atoms with Crippen molar-refractivity contribution in [2.24, 2.45) is 5.73 Å². The Morgan fingerprint density at radius 1 is 1.17 bits per heavy atom. The van der Waals surface area contributed by atoms with Crippen LogP contribution in [-0.4, -0.2) is 38.1 Å². The molecule has 2 aliphatic carbocycles. The van der Waals surface area contributed by atoms with Gasteiger partial charge in [-0.15, -0.1) is 0 Å². The van der Waals surface area contributed by atoms with Crippen LogP contribution >= 0.6 is 0 Å². The molecule has 2 heterocycles. The van der Waals surface area contributed by atoms with Crippen molar-refractivity contribution >= 4 is 11.0 Å². The fraction of sp³-hybridized carbons (Fsp3) is 0.435. The molecule has 152 valence electrons. The van der Waals surface area contributed by atoms with Crippen molar-refractivity contribution in [3.05, 3.63) is 59.4 Å². The minimum atomic E-state index is -0.974. The van der Waals surface area contributed by atoms with E-state index in [9.17, 15) is 10.2 Å². The van der Waals surface area contributed by atoms with E-state index in [1.165, 1.54) is 5.56 Å². The van der Waals surface area contributed by atoms with Crippen LogP contribution in [0.3, 0.4) is 0 Å². The number of hydrogen-bond acceptors (Lipinski definition) is 5. The van der Waals surface area contributed by atoms with Gasteiger partial charge in [0.15, 0.2) is 0 Å². The number of aliphatic hydroxyl groups is 2. The maximum Gasteiger partial charge on any atom is 0.140 e. The van der Waals surface area contributed by atoms with Gasteiger partial charge in [-0.3, -0.25) is 0 Å². The van der Waals surface area contributed by atoms with E-state index in [-0.39, 0.29) is 12.1 Å². The predicted molar refractivity (Wildman–Crippen MR) is 111 cm³/mol. The molecule has 2 aliphatic rings. The SMILES string of the molecule is Cc1ccnc2c1ccn2[C@@H]1C[C@H](Oc2cccc3c2[C@@H](N)CCC3)[C@@H](O)[C@H]1O. The molecule has 1 fully saturated rings. The number of benzene rings is 1. The van der Waals surface area contributed by atoms with E-state index in [1.807, 2.05) is 42.0 Å². The number of aryl methyl sites for hydroxylation is 2. The van der Waals surface area contributed by atoms with Crippen LogP contribution in [0.1, 0.15) is 48.0 Å². The van der Waals surface area contributed by atoms with Gasteiger partial charge in [-0.2, -0.15) is 0 Å². The van der Waals surface area contributed by atoms with E-state index >= 15 is 0 Å². The summed E-state index contributed by atoms with van der Waals surface area (Å²) in [6, 6.07) is 9.65. The molecule has 1 saturated carbocycles. The van der Waals surface area contributed by atoms with Gasteiger partial charge in [-0.1, -0.05) is 12.1 Å². The lowest BCUT2D eigenvalue weighted by atomic mass is 9.87. The van der Waals surface area contributed by atoms with Crippen LogP contribution in [0.5, 0.6) is 5.75 Å². The number of hydrogen-bond donors (Lipinski definition) is 3. The zero-order valence-corrected chi connectivity index (χ0v) is 16.5. The molecule has 0 saturated heterocycles. The van der Waals surface area contributed by atoms with E-state index in [2.05, 4.69) is 11.1 Å². The van der Waals surface area contributed by atoms with Gasteiger partial charge >= 0.3 is 0 Å². The highest BCUT2D eigenvalue weighted by Gasteiger charge is 2.44. The number of aliphatic hydroxyl groups excluding tert-OH is 2. The average molecular weight is 393 g/mol. The summed E-state index contributed by atoms with van der Waals surface area (Å²) in [5.74, 6) is 0.734. The summed E-state index contributed by atoms with van der Waals surface area (Å²) in [5, 5.41) is 22.6. The van der Waals surface area contributed by atoms with Crippen LogP contribution < -0.4 is 10.5 Å². The Bertz CT molecular complexity index is 1050. The van der Waals surface area contributed by atoms with Gasteiger partial charge in [0.25, 0.3) is 0 Å². The van der Waals surface area contributed by atoms with Crippen molar-refractivity contribution < 1.29 is 14.9 Å². The van der Waals surface area contributed by atoms with Crippen LogP contribution in [0.15, 0.2) is 42.7 Å². The van der Waals surface area contributed by atoms with E-state index in [4.69, 9.17) is 10.5 Å². The quantitative estimate of drug-likeness (QED) is 0.636. The predicted octanol–water partition coefficient (Wildman–Crippen LogP) is 2.80. The lowest BCUT2D eigenvalue weighted by Gasteiger charge is -2.27. The molecule has 0 amide bonds. The smallest absolute Gasteiger partial charge is 0.140 e. The largest absolute Gasteiger partial charge is 0.487 e. The summed E-state index contributed by atoms with van der Waals surface area (Å²) in [6.07, 6.45) is 4.83. The highest BCUT2D eigenvalue weighted by atomic mass is 16.5. The third kappa shape index (κ3) is 3.03. The number of nitrogens with two attached hydrogens (primary N) is 1. The minimum absolute atomic E-state index is 0.0465. The monoisotopic (exact) mass is 393 g/mol. The normalized spacial score (nSPS) is 29.2. The van der Waals surface area contributed by atoms with Gasteiger partial charge in [0.2, 0.25) is 0 Å². The van der Waals surface area contributed by atoms with Crippen LogP contribution in [0.4, 0.5) is 0 Å². The van der Waals surface area contributed by atoms with E-state index in [0.29, 0.717) is 6.42 Å². The molecule has 2 aromatic heterocycles. The van der Waals surface area contributed by atoms with Crippen molar-refractivity contribution in [2.75, 3.05) is 0 Å². The van der Waals surface area contributed by atoms with Crippen LogP contribution in [0.2, 0.25) is 0 Å². The first kappa shape index (κ1) is 18.6. The van der Waals surface area contributed by atoms with Crippen LogP contribution in [-0.2, 0) is 6.42 Å². The maximum atomic E-state index is 10.8. The third-order valence-corrected chi connectivity index (χ3v) is 6.56. The van der Waals surface area contributed by atoms with Crippen LogP contribution in [0, 0.1) is 6.92 Å². The summed E-state index contributed by atoms with van der Waals surface area (Å²) in [7, 11) is 0. The summed E-state index contributed by atoms with van der Waals surface area (Å²) < 4.78 is 8.23. The van der Waals surface area contributed by atoms with Crippen LogP contribution in [0.25, 0.3) is 11.0 Å². The Labute approximate surface area is 169 Å². The molecular weight excluding hydrogens is 366 g/mol. The Kier molecular flexibility index (Phi) is 4.57. The lowest BCUT2D eigenvalue weighted by Crippen LogP contribution is -2.34. The molecular formula is C23H27N3O3. The highest BCUT2D eigenvalue weighted by Crippen LogP contribution is 2.40. The number of aromatic nitrogens is 2. The minimum Gasteiger partial charge on any atom is -0.487 e. The second kappa shape index (κ2) is 7.13. The molecule has 0 radical (unpaired) electrons. The first-order valence-corrected chi connectivity index (χ1v) is 10.4. The first-order chi connectivity index (χ1) is 14.0. The number of pyridine rings is 1. The number of nitrogens with zero attached hydrogens (tertiary/aromatic N) is 2. The summed E-state index contributed by atoms with van der Waals surface area (Å²) in [6.45, 7) is 2.04. The molecule has 6 nitrogen and oxygen atoms in total. The van der Waals surface area contributed by atoms with Gasteiger partial charge in [0.1, 0.15) is 29.7 Å². The first-order valence-electron chi connectivity index (χ1n) is 10.4. The lowest BCUT2D eigenvalue weighted by molar-refractivity contribution is -0.0167. The van der Waals surface area contributed by atoms with E-state index < -0.39 is 18.3 Å². The molecule has 0 aliphatic heterocycles. The molecule has 29 heavy (non-hydrogen) atoms. The Balaban J connectivity index is 1.44. The topological polar surface area (TPSA) is 93.5 Å².